The van der Waals surface area contributed by atoms with Crippen LogP contribution in [0.4, 0.5) is 13.2 Å². The Morgan fingerprint density at radius 2 is 1.57 bits per heavy atom. The molecule has 5 heteroatoms. The summed E-state index contributed by atoms with van der Waals surface area (Å²) in [7, 11) is 0. The van der Waals surface area contributed by atoms with Gasteiger partial charge in [-0.3, -0.25) is 4.90 Å². The van der Waals surface area contributed by atoms with Crippen LogP contribution < -0.4 is 5.32 Å². The van der Waals surface area contributed by atoms with Crippen LogP contribution in [0.1, 0.15) is 29.2 Å². The number of nitrogens with zero attached hydrogens (tertiary/aromatic N) is 1. The molecule has 3 aromatic rings. The second kappa shape index (κ2) is 7.94. The summed E-state index contributed by atoms with van der Waals surface area (Å²) in [5.41, 5.74) is 1.12. The first-order valence-corrected chi connectivity index (χ1v) is 9.63. The van der Waals surface area contributed by atoms with Crippen LogP contribution in [0, 0.1) is 0 Å². The summed E-state index contributed by atoms with van der Waals surface area (Å²) in [4.78, 5) is 2.29. The van der Waals surface area contributed by atoms with Crippen LogP contribution in [0.15, 0.2) is 66.7 Å². The maximum absolute atomic E-state index is 13.3. The highest BCUT2D eigenvalue weighted by molar-refractivity contribution is 5.83. The quantitative estimate of drug-likeness (QED) is 0.664. The first kappa shape index (κ1) is 19.0. The molecule has 3 aromatic carbocycles. The van der Waals surface area contributed by atoms with Crippen molar-refractivity contribution in [2.75, 3.05) is 26.2 Å². The van der Waals surface area contributed by atoms with E-state index in [0.717, 1.165) is 55.0 Å². The normalized spacial score (nSPS) is 17.4. The van der Waals surface area contributed by atoms with Crippen molar-refractivity contribution in [2.24, 2.45) is 0 Å². The Labute approximate surface area is 163 Å². The zero-order valence-corrected chi connectivity index (χ0v) is 15.5. The molecule has 1 N–H and O–H groups in total. The smallest absolute Gasteiger partial charge is 0.315 e. The number of hydrogen-bond donors (Lipinski definition) is 1. The summed E-state index contributed by atoms with van der Waals surface area (Å²) in [6.45, 7) is 3.42. The molecule has 1 saturated heterocycles. The molecule has 1 atom stereocenters. The van der Waals surface area contributed by atoms with Gasteiger partial charge in [0.15, 0.2) is 0 Å². The third kappa shape index (κ3) is 4.05. The lowest BCUT2D eigenvalue weighted by Gasteiger charge is -2.32. The Morgan fingerprint density at radius 1 is 0.786 bits per heavy atom. The summed E-state index contributed by atoms with van der Waals surface area (Å²) in [5.74, 6) is 0. The standard InChI is InChI=1S/C23H23F3N2/c24-23(25,26)21-8-3-7-19(16-21)22(28-13-4-11-27-12-14-28)20-10-9-17-5-1-2-6-18(17)15-20/h1-3,5-10,15-16,22,27H,4,11-14H2. The summed E-state index contributed by atoms with van der Waals surface area (Å²) in [6, 6.07) is 19.9. The molecule has 4 rings (SSSR count). The van der Waals surface area contributed by atoms with Gasteiger partial charge in [-0.25, -0.2) is 0 Å². The van der Waals surface area contributed by atoms with Gasteiger partial charge in [-0.1, -0.05) is 48.5 Å². The molecule has 1 aliphatic rings. The highest BCUT2D eigenvalue weighted by Gasteiger charge is 2.32. The number of fused-ring (bicyclic) bond motifs is 1. The molecule has 0 spiro atoms. The lowest BCUT2D eigenvalue weighted by molar-refractivity contribution is -0.137. The maximum Gasteiger partial charge on any atom is 0.416 e. The van der Waals surface area contributed by atoms with Crippen molar-refractivity contribution in [1.29, 1.82) is 0 Å². The highest BCUT2D eigenvalue weighted by Crippen LogP contribution is 2.35. The number of rotatable bonds is 3. The van der Waals surface area contributed by atoms with Gasteiger partial charge in [0.05, 0.1) is 11.6 Å². The van der Waals surface area contributed by atoms with Crippen molar-refractivity contribution in [3.8, 4) is 0 Å². The van der Waals surface area contributed by atoms with E-state index in [4.69, 9.17) is 0 Å². The predicted molar refractivity (Wildman–Crippen MR) is 106 cm³/mol. The van der Waals surface area contributed by atoms with Gasteiger partial charge >= 0.3 is 6.18 Å². The molecular formula is C23H23F3N2. The zero-order chi connectivity index (χ0) is 19.6. The van der Waals surface area contributed by atoms with E-state index in [1.807, 2.05) is 36.4 Å². The van der Waals surface area contributed by atoms with Crippen LogP contribution >= 0.6 is 0 Å². The van der Waals surface area contributed by atoms with Crippen LogP contribution in [0.25, 0.3) is 10.8 Å². The van der Waals surface area contributed by atoms with E-state index in [2.05, 4.69) is 22.3 Å². The molecular weight excluding hydrogens is 361 g/mol. The van der Waals surface area contributed by atoms with Gasteiger partial charge in [0.1, 0.15) is 0 Å². The van der Waals surface area contributed by atoms with Crippen molar-refractivity contribution in [1.82, 2.24) is 10.2 Å². The molecule has 0 bridgehead atoms. The van der Waals surface area contributed by atoms with Crippen molar-refractivity contribution in [2.45, 2.75) is 18.6 Å². The fourth-order valence-electron chi connectivity index (χ4n) is 4.00. The molecule has 0 amide bonds. The second-order valence-electron chi connectivity index (χ2n) is 7.27. The SMILES string of the molecule is FC(F)(F)c1cccc(C(c2ccc3ccccc3c2)N2CCCNCC2)c1. The molecule has 0 saturated carbocycles. The van der Waals surface area contributed by atoms with Crippen molar-refractivity contribution >= 4 is 10.8 Å². The summed E-state index contributed by atoms with van der Waals surface area (Å²) in [5, 5.41) is 5.61. The molecule has 2 nitrogen and oxygen atoms in total. The number of alkyl halides is 3. The lowest BCUT2D eigenvalue weighted by Crippen LogP contribution is -2.33. The second-order valence-corrected chi connectivity index (χ2v) is 7.27. The average molecular weight is 384 g/mol. The first-order chi connectivity index (χ1) is 13.5. The minimum atomic E-state index is -4.34. The molecule has 0 radical (unpaired) electrons. The Bertz CT molecular complexity index is 944. The molecule has 0 aliphatic carbocycles. The largest absolute Gasteiger partial charge is 0.416 e. The van der Waals surface area contributed by atoms with Gasteiger partial charge in [0.25, 0.3) is 0 Å². The number of benzene rings is 3. The van der Waals surface area contributed by atoms with Crippen molar-refractivity contribution in [3.63, 3.8) is 0 Å². The molecule has 1 aliphatic heterocycles. The first-order valence-electron chi connectivity index (χ1n) is 9.63. The minimum Gasteiger partial charge on any atom is -0.315 e. The van der Waals surface area contributed by atoms with Gasteiger partial charge in [-0.05, 0) is 53.1 Å². The van der Waals surface area contributed by atoms with Crippen molar-refractivity contribution in [3.05, 3.63) is 83.4 Å². The molecule has 146 valence electrons. The number of hydrogen-bond acceptors (Lipinski definition) is 2. The van der Waals surface area contributed by atoms with Crippen LogP contribution in [0.3, 0.4) is 0 Å². The molecule has 1 fully saturated rings. The summed E-state index contributed by atoms with van der Waals surface area (Å²) < 4.78 is 40.0. The van der Waals surface area contributed by atoms with E-state index in [0.29, 0.717) is 5.56 Å². The third-order valence-electron chi connectivity index (χ3n) is 5.36. The van der Waals surface area contributed by atoms with Gasteiger partial charge < -0.3 is 5.32 Å². The van der Waals surface area contributed by atoms with Gasteiger partial charge in [0, 0.05) is 19.6 Å². The van der Waals surface area contributed by atoms with Crippen LogP contribution in [0.2, 0.25) is 0 Å². The lowest BCUT2D eigenvalue weighted by atomic mass is 9.93. The van der Waals surface area contributed by atoms with Crippen LogP contribution in [0.5, 0.6) is 0 Å². The zero-order valence-electron chi connectivity index (χ0n) is 15.5. The summed E-state index contributed by atoms with van der Waals surface area (Å²) in [6.07, 6.45) is -3.37. The molecule has 0 aromatic heterocycles. The van der Waals surface area contributed by atoms with E-state index in [1.54, 1.807) is 0 Å². The molecule has 1 unspecified atom stereocenters. The van der Waals surface area contributed by atoms with Gasteiger partial charge in [-0.2, -0.15) is 13.2 Å². The monoisotopic (exact) mass is 384 g/mol. The Balaban J connectivity index is 1.81. The van der Waals surface area contributed by atoms with E-state index < -0.39 is 11.7 Å². The molecule has 1 heterocycles. The topological polar surface area (TPSA) is 15.3 Å². The van der Waals surface area contributed by atoms with E-state index in [9.17, 15) is 13.2 Å². The Morgan fingerprint density at radius 3 is 2.39 bits per heavy atom. The van der Waals surface area contributed by atoms with E-state index in [-0.39, 0.29) is 6.04 Å². The van der Waals surface area contributed by atoms with Crippen molar-refractivity contribution < 1.29 is 13.2 Å². The number of halogens is 3. The average Bonchev–Trinajstić information content (AvgIpc) is 2.97. The number of nitrogens with one attached hydrogen (secondary N) is 1. The fourth-order valence-corrected chi connectivity index (χ4v) is 4.00. The Kier molecular flexibility index (Phi) is 5.38. The Hall–Kier alpha value is -2.37. The van der Waals surface area contributed by atoms with Crippen LogP contribution in [-0.2, 0) is 6.18 Å². The summed E-state index contributed by atoms with van der Waals surface area (Å²) >= 11 is 0. The maximum atomic E-state index is 13.3. The third-order valence-corrected chi connectivity index (χ3v) is 5.36. The highest BCUT2D eigenvalue weighted by atomic mass is 19.4. The van der Waals surface area contributed by atoms with Crippen LogP contribution in [-0.4, -0.2) is 31.1 Å². The minimum absolute atomic E-state index is 0.202. The predicted octanol–water partition coefficient (Wildman–Crippen LogP) is 5.24. The van der Waals surface area contributed by atoms with E-state index in [1.165, 1.54) is 12.1 Å². The fraction of sp³-hybridized carbons (Fsp3) is 0.304. The van der Waals surface area contributed by atoms with Gasteiger partial charge in [0.2, 0.25) is 0 Å². The molecule has 28 heavy (non-hydrogen) atoms. The van der Waals surface area contributed by atoms with E-state index >= 15 is 0 Å². The van der Waals surface area contributed by atoms with Gasteiger partial charge in [-0.15, -0.1) is 0 Å².